The van der Waals surface area contributed by atoms with Crippen molar-refractivity contribution < 1.29 is 14.0 Å². The zero-order chi connectivity index (χ0) is 20.9. The van der Waals surface area contributed by atoms with Gasteiger partial charge in [0.25, 0.3) is 5.91 Å². The number of likely N-dealkylation sites (tertiary alicyclic amines) is 1. The van der Waals surface area contributed by atoms with Crippen molar-refractivity contribution in [2.45, 2.75) is 49.7 Å². The van der Waals surface area contributed by atoms with Crippen LogP contribution < -0.4 is 5.32 Å². The largest absolute Gasteiger partial charge is 0.342 e. The molecule has 6 nitrogen and oxygen atoms in total. The molecule has 2 heterocycles. The molecular weight excluding hydrogens is 403 g/mol. The number of halogens is 1. The summed E-state index contributed by atoms with van der Waals surface area (Å²) < 4.78 is 13.7. The number of H-pyrrole nitrogens is 1. The van der Waals surface area contributed by atoms with Crippen molar-refractivity contribution in [1.29, 1.82) is 0 Å². The number of hydrogen-bond acceptors (Lipinski definition) is 4. The lowest BCUT2D eigenvalue weighted by Gasteiger charge is -2.31. The van der Waals surface area contributed by atoms with Crippen molar-refractivity contribution in [3.8, 4) is 0 Å². The predicted molar refractivity (Wildman–Crippen MR) is 116 cm³/mol. The number of para-hydroxylation sites is 1. The van der Waals surface area contributed by atoms with Gasteiger partial charge in [-0.05, 0) is 43.9 Å². The van der Waals surface area contributed by atoms with E-state index in [1.165, 1.54) is 37.8 Å². The minimum absolute atomic E-state index is 0.134. The zero-order valence-corrected chi connectivity index (χ0v) is 17.7. The van der Waals surface area contributed by atoms with E-state index in [1.54, 1.807) is 18.2 Å². The summed E-state index contributed by atoms with van der Waals surface area (Å²) >= 11 is 1.81. The third-order valence-corrected chi connectivity index (χ3v) is 7.34. The second-order valence-corrected chi connectivity index (χ2v) is 9.30. The lowest BCUT2D eigenvalue weighted by atomic mass is 9.93. The fraction of sp³-hybridized carbons (Fsp3) is 0.500. The van der Waals surface area contributed by atoms with E-state index in [2.05, 4.69) is 15.5 Å². The summed E-state index contributed by atoms with van der Waals surface area (Å²) in [6.45, 7) is 1.45. The molecule has 0 unspecified atom stereocenters. The molecule has 1 saturated heterocycles. The molecule has 0 bridgehead atoms. The maximum atomic E-state index is 13.7. The summed E-state index contributed by atoms with van der Waals surface area (Å²) in [7, 11) is 0. The Balaban J connectivity index is 1.27. The lowest BCUT2D eigenvalue weighted by Crippen LogP contribution is -2.39. The molecule has 1 saturated carbocycles. The van der Waals surface area contributed by atoms with Crippen LogP contribution in [0.3, 0.4) is 0 Å². The number of aromatic nitrogens is 2. The second kappa shape index (κ2) is 9.64. The van der Waals surface area contributed by atoms with Crippen molar-refractivity contribution in [2.75, 3.05) is 24.2 Å². The highest BCUT2D eigenvalue weighted by atomic mass is 32.2. The molecule has 2 fully saturated rings. The van der Waals surface area contributed by atoms with Crippen LogP contribution in [-0.4, -0.2) is 51.0 Å². The molecule has 0 atom stereocenters. The number of amides is 2. The number of aromatic amines is 1. The Bertz CT molecular complexity index is 889. The Morgan fingerprint density at radius 3 is 2.63 bits per heavy atom. The van der Waals surface area contributed by atoms with Gasteiger partial charge in [0.05, 0.1) is 11.4 Å². The van der Waals surface area contributed by atoms with E-state index in [4.69, 9.17) is 0 Å². The fourth-order valence-electron chi connectivity index (χ4n) is 4.19. The van der Waals surface area contributed by atoms with Gasteiger partial charge in [0.15, 0.2) is 5.69 Å². The molecule has 1 aliphatic carbocycles. The monoisotopic (exact) mass is 430 g/mol. The molecule has 8 heteroatoms. The van der Waals surface area contributed by atoms with E-state index in [-0.39, 0.29) is 23.2 Å². The Kier molecular flexibility index (Phi) is 6.72. The molecule has 30 heavy (non-hydrogen) atoms. The van der Waals surface area contributed by atoms with Gasteiger partial charge in [0.1, 0.15) is 5.82 Å². The van der Waals surface area contributed by atoms with Gasteiger partial charge in [-0.1, -0.05) is 25.0 Å². The van der Waals surface area contributed by atoms with Gasteiger partial charge in [-0.3, -0.25) is 14.7 Å². The van der Waals surface area contributed by atoms with E-state index in [0.29, 0.717) is 11.0 Å². The van der Waals surface area contributed by atoms with Crippen LogP contribution in [-0.2, 0) is 4.79 Å². The first-order valence-electron chi connectivity index (χ1n) is 10.6. The lowest BCUT2D eigenvalue weighted by molar-refractivity contribution is -0.129. The number of carbonyl (C=O) groups is 2. The number of nitrogens with one attached hydrogen (secondary N) is 2. The number of nitrogens with zero attached hydrogens (tertiary/aromatic N) is 2. The molecular formula is C22H27FN4O2S. The Hall–Kier alpha value is -2.35. The summed E-state index contributed by atoms with van der Waals surface area (Å²) in [5.41, 5.74) is 1.26. The Labute approximate surface area is 180 Å². The van der Waals surface area contributed by atoms with Crippen molar-refractivity contribution >= 4 is 29.3 Å². The van der Waals surface area contributed by atoms with Crippen molar-refractivity contribution in [1.82, 2.24) is 15.1 Å². The smallest absolute Gasteiger partial charge is 0.276 e. The number of anilines is 1. The van der Waals surface area contributed by atoms with Crippen LogP contribution in [0, 0.1) is 5.82 Å². The van der Waals surface area contributed by atoms with Crippen LogP contribution in [0.1, 0.15) is 60.6 Å². The normalized spacial score (nSPS) is 18.0. The summed E-state index contributed by atoms with van der Waals surface area (Å²) in [4.78, 5) is 26.8. The highest BCUT2D eigenvalue weighted by Gasteiger charge is 2.26. The van der Waals surface area contributed by atoms with Gasteiger partial charge < -0.3 is 10.2 Å². The number of thioether (sulfide) groups is 1. The number of benzene rings is 1. The van der Waals surface area contributed by atoms with Gasteiger partial charge in [-0.2, -0.15) is 5.10 Å². The SMILES string of the molecule is O=C(Nc1ccccc1F)c1cc(C2CCN(C(=O)CSC3CCCC3)CC2)[nH]n1. The number of hydrogen-bond donors (Lipinski definition) is 2. The molecule has 2 aliphatic rings. The molecule has 0 spiro atoms. The maximum absolute atomic E-state index is 13.7. The summed E-state index contributed by atoms with van der Waals surface area (Å²) in [5.74, 6) is 0.127. The fourth-order valence-corrected chi connectivity index (χ4v) is 5.41. The third kappa shape index (κ3) is 5.03. The molecule has 160 valence electrons. The van der Waals surface area contributed by atoms with Crippen LogP contribution in [0.15, 0.2) is 30.3 Å². The van der Waals surface area contributed by atoms with Crippen LogP contribution in [0.5, 0.6) is 0 Å². The second-order valence-electron chi connectivity index (χ2n) is 8.02. The van der Waals surface area contributed by atoms with Gasteiger partial charge in [-0.15, -0.1) is 11.8 Å². The van der Waals surface area contributed by atoms with Gasteiger partial charge in [0, 0.05) is 30.0 Å². The van der Waals surface area contributed by atoms with Crippen LogP contribution in [0.4, 0.5) is 10.1 Å². The van der Waals surface area contributed by atoms with Crippen molar-refractivity contribution in [3.63, 3.8) is 0 Å². The summed E-state index contributed by atoms with van der Waals surface area (Å²) in [6, 6.07) is 7.78. The molecule has 2 aromatic rings. The standard InChI is InChI=1S/C22H27FN4O2S/c23-17-7-3-4-8-18(17)24-22(29)20-13-19(25-26-20)15-9-11-27(12-10-15)21(28)14-30-16-5-1-2-6-16/h3-4,7-8,13,15-16H,1-2,5-6,9-12,14H2,(H,24,29)(H,25,26). The minimum atomic E-state index is -0.482. The molecule has 0 radical (unpaired) electrons. The van der Waals surface area contributed by atoms with Crippen LogP contribution >= 0.6 is 11.8 Å². The van der Waals surface area contributed by atoms with E-state index >= 15 is 0 Å². The summed E-state index contributed by atoms with van der Waals surface area (Å²) in [5, 5.41) is 10.3. The molecule has 1 aromatic carbocycles. The van der Waals surface area contributed by atoms with Gasteiger partial charge in [0.2, 0.25) is 5.91 Å². The van der Waals surface area contributed by atoms with E-state index in [9.17, 15) is 14.0 Å². The number of carbonyl (C=O) groups excluding carboxylic acids is 2. The minimum Gasteiger partial charge on any atom is -0.342 e. The van der Waals surface area contributed by atoms with Crippen LogP contribution in [0.25, 0.3) is 0 Å². The third-order valence-electron chi connectivity index (χ3n) is 5.98. The van der Waals surface area contributed by atoms with E-state index in [1.807, 2.05) is 16.7 Å². The highest BCUT2D eigenvalue weighted by molar-refractivity contribution is 8.00. The number of rotatable bonds is 6. The molecule has 2 N–H and O–H groups in total. The Morgan fingerprint density at radius 2 is 1.90 bits per heavy atom. The van der Waals surface area contributed by atoms with Crippen molar-refractivity contribution in [2.24, 2.45) is 0 Å². The first-order valence-corrected chi connectivity index (χ1v) is 11.7. The van der Waals surface area contributed by atoms with Gasteiger partial charge >= 0.3 is 0 Å². The molecule has 2 amide bonds. The zero-order valence-electron chi connectivity index (χ0n) is 16.9. The van der Waals surface area contributed by atoms with Gasteiger partial charge in [-0.25, -0.2) is 4.39 Å². The molecule has 4 rings (SSSR count). The maximum Gasteiger partial charge on any atom is 0.276 e. The van der Waals surface area contributed by atoms with Crippen molar-refractivity contribution in [3.05, 3.63) is 47.5 Å². The summed E-state index contributed by atoms with van der Waals surface area (Å²) in [6.07, 6.45) is 6.76. The Morgan fingerprint density at radius 1 is 1.17 bits per heavy atom. The quantitative estimate of drug-likeness (QED) is 0.721. The first-order chi connectivity index (χ1) is 14.6. The van der Waals surface area contributed by atoms with Crippen LogP contribution in [0.2, 0.25) is 0 Å². The van der Waals surface area contributed by atoms with E-state index < -0.39 is 11.7 Å². The highest BCUT2D eigenvalue weighted by Crippen LogP contribution is 2.31. The van der Waals surface area contributed by atoms with E-state index in [0.717, 1.165) is 31.6 Å². The molecule has 1 aliphatic heterocycles. The average molecular weight is 431 g/mol. The first kappa shape index (κ1) is 20.9. The predicted octanol–water partition coefficient (Wildman–Crippen LogP) is 4.18. The topological polar surface area (TPSA) is 78.1 Å². The molecule has 1 aromatic heterocycles. The number of piperidine rings is 1. The average Bonchev–Trinajstić information content (AvgIpc) is 3.46.